The van der Waals surface area contributed by atoms with Gasteiger partial charge in [0, 0.05) is 12.1 Å². The third-order valence-corrected chi connectivity index (χ3v) is 3.19. The van der Waals surface area contributed by atoms with E-state index in [4.69, 9.17) is 5.73 Å². The lowest BCUT2D eigenvalue weighted by molar-refractivity contribution is -0.384. The molecular weight excluding hydrogens is 206 g/mol. The first kappa shape index (κ1) is 10.9. The molecule has 1 aromatic carbocycles. The maximum absolute atomic E-state index is 10.8. The Morgan fingerprint density at radius 1 is 1.38 bits per heavy atom. The highest BCUT2D eigenvalue weighted by Gasteiger charge is 2.26. The second-order valence-corrected chi connectivity index (χ2v) is 4.46. The number of nitrogens with zero attached hydrogens (tertiary/aromatic N) is 2. The summed E-state index contributed by atoms with van der Waals surface area (Å²) in [5.74, 6) is 0. The van der Waals surface area contributed by atoms with Gasteiger partial charge in [0.15, 0.2) is 0 Å². The summed E-state index contributed by atoms with van der Waals surface area (Å²) in [6.07, 6.45) is 1.79. The number of benzene rings is 1. The van der Waals surface area contributed by atoms with Crippen molar-refractivity contribution in [3.8, 4) is 0 Å². The van der Waals surface area contributed by atoms with Crippen LogP contribution in [0.25, 0.3) is 0 Å². The summed E-state index contributed by atoms with van der Waals surface area (Å²) in [6.45, 7) is 0. The van der Waals surface area contributed by atoms with Crippen LogP contribution in [0.2, 0.25) is 0 Å². The van der Waals surface area contributed by atoms with Gasteiger partial charge in [0.25, 0.3) is 5.69 Å². The van der Waals surface area contributed by atoms with E-state index in [1.54, 1.807) is 12.1 Å². The van der Waals surface area contributed by atoms with Crippen LogP contribution in [0, 0.1) is 10.1 Å². The summed E-state index contributed by atoms with van der Waals surface area (Å²) < 4.78 is 0. The van der Waals surface area contributed by atoms with Crippen LogP contribution < -0.4 is 5.73 Å². The molecule has 86 valence electrons. The van der Waals surface area contributed by atoms with Gasteiger partial charge in [0.05, 0.1) is 4.92 Å². The zero-order valence-electron chi connectivity index (χ0n) is 9.43. The Kier molecular flexibility index (Phi) is 2.55. The monoisotopic (exact) mass is 221 g/mol. The van der Waals surface area contributed by atoms with Crippen LogP contribution in [0.1, 0.15) is 11.1 Å². The molecule has 0 fully saturated rings. The summed E-state index contributed by atoms with van der Waals surface area (Å²) in [6, 6.07) is 3.79. The number of nitro groups is 1. The predicted molar refractivity (Wildman–Crippen MR) is 62.4 cm³/mol. The molecule has 1 aliphatic rings. The topological polar surface area (TPSA) is 72.4 Å². The SMILES string of the molecule is CN(C)C1Cc2cc(N)c([N+](=O)[O-])cc2C1. The average Bonchev–Trinajstić information content (AvgIpc) is 2.58. The normalized spacial score (nSPS) is 18.8. The first-order chi connectivity index (χ1) is 7.49. The molecular formula is C11H15N3O2. The number of likely N-dealkylation sites (N-methyl/N-ethyl adjacent to an activating group) is 1. The van der Waals surface area contributed by atoms with Crippen molar-refractivity contribution in [2.75, 3.05) is 19.8 Å². The second-order valence-electron chi connectivity index (χ2n) is 4.46. The molecule has 0 heterocycles. The van der Waals surface area contributed by atoms with Gasteiger partial charge in [0.2, 0.25) is 0 Å². The quantitative estimate of drug-likeness (QED) is 0.463. The number of nitrogens with two attached hydrogens (primary N) is 1. The van der Waals surface area contributed by atoms with Crippen LogP contribution in [0.15, 0.2) is 12.1 Å². The molecule has 1 aliphatic carbocycles. The molecule has 1 aromatic rings. The molecule has 1 atom stereocenters. The third kappa shape index (κ3) is 1.74. The molecule has 5 heteroatoms. The number of hydrogen-bond donors (Lipinski definition) is 1. The van der Waals surface area contributed by atoms with E-state index in [0.717, 1.165) is 24.0 Å². The average molecular weight is 221 g/mol. The van der Waals surface area contributed by atoms with E-state index >= 15 is 0 Å². The van der Waals surface area contributed by atoms with E-state index in [9.17, 15) is 10.1 Å². The Morgan fingerprint density at radius 3 is 2.44 bits per heavy atom. The lowest BCUT2D eigenvalue weighted by atomic mass is 10.1. The lowest BCUT2D eigenvalue weighted by Gasteiger charge is -2.17. The Labute approximate surface area is 94.0 Å². The van der Waals surface area contributed by atoms with Crippen molar-refractivity contribution in [2.24, 2.45) is 0 Å². The number of rotatable bonds is 2. The van der Waals surface area contributed by atoms with Crippen molar-refractivity contribution in [2.45, 2.75) is 18.9 Å². The Hall–Kier alpha value is -1.62. The van der Waals surface area contributed by atoms with Crippen molar-refractivity contribution >= 4 is 11.4 Å². The van der Waals surface area contributed by atoms with E-state index in [2.05, 4.69) is 4.90 Å². The fourth-order valence-corrected chi connectivity index (χ4v) is 2.18. The molecule has 0 bridgehead atoms. The van der Waals surface area contributed by atoms with Gasteiger partial charge in [-0.1, -0.05) is 0 Å². The van der Waals surface area contributed by atoms with E-state index in [-0.39, 0.29) is 11.4 Å². The molecule has 0 saturated carbocycles. The third-order valence-electron chi connectivity index (χ3n) is 3.19. The first-order valence-electron chi connectivity index (χ1n) is 5.21. The van der Waals surface area contributed by atoms with Crippen LogP contribution in [-0.2, 0) is 12.8 Å². The van der Waals surface area contributed by atoms with Gasteiger partial charge in [-0.15, -0.1) is 0 Å². The van der Waals surface area contributed by atoms with Crippen molar-refractivity contribution in [1.82, 2.24) is 4.90 Å². The molecule has 16 heavy (non-hydrogen) atoms. The van der Waals surface area contributed by atoms with Gasteiger partial charge in [-0.2, -0.15) is 0 Å². The number of anilines is 1. The van der Waals surface area contributed by atoms with Crippen molar-refractivity contribution in [3.05, 3.63) is 33.4 Å². The van der Waals surface area contributed by atoms with Crippen LogP contribution in [0.3, 0.4) is 0 Å². The summed E-state index contributed by atoms with van der Waals surface area (Å²) in [5.41, 5.74) is 8.15. The minimum atomic E-state index is -0.418. The highest BCUT2D eigenvalue weighted by molar-refractivity contribution is 5.62. The van der Waals surface area contributed by atoms with Crippen LogP contribution in [-0.4, -0.2) is 30.0 Å². The van der Waals surface area contributed by atoms with E-state index in [1.165, 1.54) is 0 Å². The number of fused-ring (bicyclic) bond motifs is 1. The molecule has 0 spiro atoms. The number of hydrogen-bond acceptors (Lipinski definition) is 4. The molecule has 0 aromatic heterocycles. The second kappa shape index (κ2) is 3.75. The van der Waals surface area contributed by atoms with E-state index < -0.39 is 4.92 Å². The summed E-state index contributed by atoms with van der Waals surface area (Å²) in [4.78, 5) is 12.5. The fraction of sp³-hybridized carbons (Fsp3) is 0.455. The highest BCUT2D eigenvalue weighted by atomic mass is 16.6. The molecule has 0 saturated heterocycles. The van der Waals surface area contributed by atoms with E-state index in [0.29, 0.717) is 6.04 Å². The van der Waals surface area contributed by atoms with Gasteiger partial charge >= 0.3 is 0 Å². The molecule has 0 radical (unpaired) electrons. The Morgan fingerprint density at radius 2 is 1.94 bits per heavy atom. The standard InChI is InChI=1S/C11H15N3O2/c1-13(2)9-3-7-5-10(12)11(14(15)16)6-8(7)4-9/h5-6,9H,3-4,12H2,1-2H3. The zero-order chi connectivity index (χ0) is 11.9. The van der Waals surface area contributed by atoms with Crippen molar-refractivity contribution in [3.63, 3.8) is 0 Å². The van der Waals surface area contributed by atoms with Crippen molar-refractivity contribution < 1.29 is 4.92 Å². The lowest BCUT2D eigenvalue weighted by Crippen LogP contribution is -2.27. The minimum absolute atomic E-state index is 0.0261. The minimum Gasteiger partial charge on any atom is -0.393 e. The maximum Gasteiger partial charge on any atom is 0.292 e. The Bertz CT molecular complexity index is 443. The molecule has 0 amide bonds. The highest BCUT2D eigenvalue weighted by Crippen LogP contribution is 2.32. The van der Waals surface area contributed by atoms with Gasteiger partial charge in [-0.3, -0.25) is 10.1 Å². The molecule has 0 aliphatic heterocycles. The maximum atomic E-state index is 10.8. The molecule has 5 nitrogen and oxygen atoms in total. The largest absolute Gasteiger partial charge is 0.393 e. The molecule has 2 N–H and O–H groups in total. The van der Waals surface area contributed by atoms with Gasteiger partial charge in [-0.05, 0) is 44.1 Å². The van der Waals surface area contributed by atoms with Gasteiger partial charge in [0.1, 0.15) is 5.69 Å². The summed E-state index contributed by atoms with van der Waals surface area (Å²) >= 11 is 0. The molecule has 2 rings (SSSR count). The fourth-order valence-electron chi connectivity index (χ4n) is 2.18. The smallest absolute Gasteiger partial charge is 0.292 e. The van der Waals surface area contributed by atoms with Crippen molar-refractivity contribution in [1.29, 1.82) is 0 Å². The number of nitro benzene ring substituents is 1. The van der Waals surface area contributed by atoms with E-state index in [1.807, 2.05) is 14.1 Å². The zero-order valence-corrected chi connectivity index (χ0v) is 9.43. The van der Waals surface area contributed by atoms with Crippen LogP contribution in [0.5, 0.6) is 0 Å². The first-order valence-corrected chi connectivity index (χ1v) is 5.21. The van der Waals surface area contributed by atoms with Gasteiger partial charge in [-0.25, -0.2) is 0 Å². The predicted octanol–water partition coefficient (Wildman–Crippen LogP) is 1.21. The summed E-state index contributed by atoms with van der Waals surface area (Å²) in [7, 11) is 4.04. The van der Waals surface area contributed by atoms with Crippen LogP contribution in [0.4, 0.5) is 11.4 Å². The Balaban J connectivity index is 2.37. The number of nitrogen functional groups attached to an aromatic ring is 1. The molecule has 1 unspecified atom stereocenters. The summed E-state index contributed by atoms with van der Waals surface area (Å²) in [5, 5.41) is 10.8. The van der Waals surface area contributed by atoms with Gasteiger partial charge < -0.3 is 10.6 Å². The van der Waals surface area contributed by atoms with Crippen LogP contribution >= 0.6 is 0 Å².